The van der Waals surface area contributed by atoms with E-state index in [0.717, 1.165) is 0 Å². The van der Waals surface area contributed by atoms with Gasteiger partial charge in [0, 0.05) is 0 Å². The lowest BCUT2D eigenvalue weighted by atomic mass is 9.83. The summed E-state index contributed by atoms with van der Waals surface area (Å²) in [5, 5.41) is 0. The normalized spacial score (nSPS) is 8.83. The molecular weight excluding hydrogens is 216 g/mol. The molecule has 0 spiro atoms. The minimum Gasteiger partial charge on any atom is -0.0683 e. The summed E-state index contributed by atoms with van der Waals surface area (Å²) in [6.45, 7) is 23.1. The van der Waals surface area contributed by atoms with E-state index in [0.29, 0.717) is 0 Å². The van der Waals surface area contributed by atoms with E-state index in [2.05, 4.69) is 52.8 Å². The summed E-state index contributed by atoms with van der Waals surface area (Å²) >= 11 is 0. The molecular formula is C18H36. The second-order valence-corrected chi connectivity index (χ2v) is 4.57. The van der Waals surface area contributed by atoms with Crippen LogP contribution in [0.3, 0.4) is 0 Å². The third kappa shape index (κ3) is 9.27. The molecule has 0 heterocycles. The highest BCUT2D eigenvalue weighted by molar-refractivity contribution is 5.35. The van der Waals surface area contributed by atoms with Gasteiger partial charge in [0.15, 0.2) is 0 Å². The van der Waals surface area contributed by atoms with Crippen molar-refractivity contribution in [2.24, 2.45) is 0 Å². The number of aryl methyl sites for hydroxylation is 2. The molecule has 0 aliphatic rings. The smallest absolute Gasteiger partial charge is 0.0129 e. The summed E-state index contributed by atoms with van der Waals surface area (Å²) in [7, 11) is 0. The van der Waals surface area contributed by atoms with Gasteiger partial charge < -0.3 is 0 Å². The van der Waals surface area contributed by atoms with Crippen molar-refractivity contribution in [3.05, 3.63) is 34.9 Å². The second kappa shape index (κ2) is 12.7. The molecule has 1 aromatic rings. The molecule has 0 aromatic heterocycles. The van der Waals surface area contributed by atoms with E-state index in [1.807, 2.05) is 41.5 Å². The zero-order valence-corrected chi connectivity index (χ0v) is 14.7. The van der Waals surface area contributed by atoms with Crippen LogP contribution in [-0.4, -0.2) is 0 Å². The fourth-order valence-corrected chi connectivity index (χ4v) is 1.54. The van der Waals surface area contributed by atoms with Crippen molar-refractivity contribution in [1.82, 2.24) is 0 Å². The molecule has 0 nitrogen and oxygen atoms in total. The van der Waals surface area contributed by atoms with Crippen molar-refractivity contribution in [3.63, 3.8) is 0 Å². The van der Waals surface area contributed by atoms with Crippen molar-refractivity contribution in [2.45, 2.75) is 81.6 Å². The van der Waals surface area contributed by atoms with Crippen LogP contribution in [0.5, 0.6) is 0 Å². The summed E-state index contributed by atoms with van der Waals surface area (Å²) in [4.78, 5) is 0. The highest BCUT2D eigenvalue weighted by Gasteiger charge is 2.15. The molecule has 1 rings (SSSR count). The molecule has 0 bridgehead atoms. The molecule has 0 amide bonds. The Kier molecular flexibility index (Phi) is 15.8. The number of rotatable bonds is 0. The lowest BCUT2D eigenvalue weighted by molar-refractivity contribution is 0.585. The highest BCUT2D eigenvalue weighted by atomic mass is 14.2. The molecule has 18 heavy (non-hydrogen) atoms. The van der Waals surface area contributed by atoms with Crippen LogP contribution >= 0.6 is 0 Å². The van der Waals surface area contributed by atoms with Crippen LogP contribution in [0.4, 0.5) is 0 Å². The standard InChI is InChI=1S/C12H18.3C2H6/c1-9-6-7-10(2)11(8-9)12(3,4)5;3*1-2/h6-8H,1-5H3;3*1-2H3. The maximum Gasteiger partial charge on any atom is -0.0129 e. The van der Waals surface area contributed by atoms with E-state index < -0.39 is 0 Å². The molecule has 0 unspecified atom stereocenters. The van der Waals surface area contributed by atoms with Gasteiger partial charge in [-0.1, -0.05) is 86.1 Å². The van der Waals surface area contributed by atoms with Crippen molar-refractivity contribution in [1.29, 1.82) is 0 Å². The predicted octanol–water partition coefficient (Wildman–Crippen LogP) is 6.68. The van der Waals surface area contributed by atoms with Crippen LogP contribution in [0, 0.1) is 13.8 Å². The molecule has 0 aliphatic carbocycles. The summed E-state index contributed by atoms with van der Waals surface area (Å²) in [5.41, 5.74) is 4.48. The average Bonchev–Trinajstić information content (AvgIpc) is 2.38. The first kappa shape index (κ1) is 22.4. The van der Waals surface area contributed by atoms with Crippen molar-refractivity contribution in [2.75, 3.05) is 0 Å². The summed E-state index contributed by atoms with van der Waals surface area (Å²) in [6, 6.07) is 6.66. The zero-order valence-electron chi connectivity index (χ0n) is 14.7. The van der Waals surface area contributed by atoms with Gasteiger partial charge in [0.25, 0.3) is 0 Å². The first-order valence-electron chi connectivity index (χ1n) is 7.49. The van der Waals surface area contributed by atoms with E-state index in [1.54, 1.807) is 0 Å². The van der Waals surface area contributed by atoms with Crippen LogP contribution in [0.1, 0.15) is 79.0 Å². The molecule has 0 aliphatic heterocycles. The van der Waals surface area contributed by atoms with Gasteiger partial charge >= 0.3 is 0 Å². The second-order valence-electron chi connectivity index (χ2n) is 4.57. The summed E-state index contributed by atoms with van der Waals surface area (Å²) in [6.07, 6.45) is 0. The molecule has 0 N–H and O–H groups in total. The quantitative estimate of drug-likeness (QED) is 0.483. The van der Waals surface area contributed by atoms with Gasteiger partial charge in [0.05, 0.1) is 0 Å². The Hall–Kier alpha value is -0.780. The van der Waals surface area contributed by atoms with E-state index >= 15 is 0 Å². The van der Waals surface area contributed by atoms with Crippen molar-refractivity contribution >= 4 is 0 Å². The lowest BCUT2D eigenvalue weighted by Crippen LogP contribution is -2.13. The fraction of sp³-hybridized carbons (Fsp3) is 0.667. The van der Waals surface area contributed by atoms with Gasteiger partial charge in [-0.2, -0.15) is 0 Å². The Labute approximate surface area is 117 Å². The summed E-state index contributed by atoms with van der Waals surface area (Å²) in [5.74, 6) is 0. The fourth-order valence-electron chi connectivity index (χ4n) is 1.54. The molecule has 108 valence electrons. The van der Waals surface area contributed by atoms with Crippen LogP contribution in [0.15, 0.2) is 18.2 Å². The Bertz CT molecular complexity index is 277. The van der Waals surface area contributed by atoms with Crippen LogP contribution < -0.4 is 0 Å². The largest absolute Gasteiger partial charge is 0.0683 e. The van der Waals surface area contributed by atoms with Gasteiger partial charge in [-0.3, -0.25) is 0 Å². The third-order valence-corrected chi connectivity index (χ3v) is 2.20. The van der Waals surface area contributed by atoms with Gasteiger partial charge in [0.1, 0.15) is 0 Å². The SMILES string of the molecule is CC.CC.CC.Cc1ccc(C)c(C(C)(C)C)c1. The van der Waals surface area contributed by atoms with E-state index in [9.17, 15) is 0 Å². The first-order chi connectivity index (χ1) is 8.41. The average molecular weight is 252 g/mol. The molecule has 0 atom stereocenters. The molecule has 1 aromatic carbocycles. The number of benzene rings is 1. The Morgan fingerprint density at radius 1 is 0.722 bits per heavy atom. The van der Waals surface area contributed by atoms with Gasteiger partial charge in [-0.15, -0.1) is 0 Å². The van der Waals surface area contributed by atoms with Crippen molar-refractivity contribution < 1.29 is 0 Å². The minimum atomic E-state index is 0.274. The van der Waals surface area contributed by atoms with Crippen LogP contribution in [-0.2, 0) is 5.41 Å². The molecule has 0 saturated carbocycles. The topological polar surface area (TPSA) is 0 Å². The molecule has 0 fully saturated rings. The molecule has 0 heteroatoms. The van der Waals surface area contributed by atoms with Crippen molar-refractivity contribution in [3.8, 4) is 0 Å². The lowest BCUT2D eigenvalue weighted by Gasteiger charge is -2.22. The Morgan fingerprint density at radius 2 is 1.11 bits per heavy atom. The van der Waals surface area contributed by atoms with E-state index in [1.165, 1.54) is 16.7 Å². The third-order valence-electron chi connectivity index (χ3n) is 2.20. The monoisotopic (exact) mass is 252 g/mol. The first-order valence-corrected chi connectivity index (χ1v) is 7.49. The van der Waals surface area contributed by atoms with E-state index in [4.69, 9.17) is 0 Å². The summed E-state index contributed by atoms with van der Waals surface area (Å²) < 4.78 is 0. The van der Waals surface area contributed by atoms with Gasteiger partial charge in [0.2, 0.25) is 0 Å². The minimum absolute atomic E-state index is 0.274. The van der Waals surface area contributed by atoms with E-state index in [-0.39, 0.29) is 5.41 Å². The van der Waals surface area contributed by atoms with Crippen LogP contribution in [0.2, 0.25) is 0 Å². The predicted molar refractivity (Wildman–Crippen MR) is 88.7 cm³/mol. The molecule has 0 saturated heterocycles. The van der Waals surface area contributed by atoms with Gasteiger partial charge in [-0.05, 0) is 30.4 Å². The molecule has 0 radical (unpaired) electrons. The maximum absolute atomic E-state index is 2.29. The Balaban J connectivity index is -0.000000328. The number of hydrogen-bond acceptors (Lipinski definition) is 0. The van der Waals surface area contributed by atoms with Gasteiger partial charge in [-0.25, -0.2) is 0 Å². The number of hydrogen-bond donors (Lipinski definition) is 0. The zero-order chi connectivity index (χ0) is 15.4. The van der Waals surface area contributed by atoms with Crippen LogP contribution in [0.25, 0.3) is 0 Å². The maximum atomic E-state index is 2.29. The Morgan fingerprint density at radius 3 is 1.39 bits per heavy atom. The highest BCUT2D eigenvalue weighted by Crippen LogP contribution is 2.25.